The minimum absolute atomic E-state index is 0.745. The Balaban J connectivity index is 1.80. The van der Waals surface area contributed by atoms with E-state index in [0.29, 0.717) is 0 Å². The smallest absolute Gasteiger partial charge is 0.159 e. The van der Waals surface area contributed by atoms with Crippen LogP contribution in [-0.2, 0) is 6.42 Å². The van der Waals surface area contributed by atoms with Gasteiger partial charge in [-0.05, 0) is 24.8 Å². The van der Waals surface area contributed by atoms with E-state index in [0.717, 1.165) is 36.6 Å². The van der Waals surface area contributed by atoms with Crippen molar-refractivity contribution in [2.75, 3.05) is 6.61 Å². The summed E-state index contributed by atoms with van der Waals surface area (Å²) in [6.45, 7) is 5.21. The van der Waals surface area contributed by atoms with Crippen molar-refractivity contribution in [1.29, 1.82) is 0 Å². The molecule has 0 saturated carbocycles. The van der Waals surface area contributed by atoms with E-state index in [1.807, 2.05) is 0 Å². The molecule has 0 N–H and O–H groups in total. The van der Waals surface area contributed by atoms with Gasteiger partial charge in [-0.2, -0.15) is 0 Å². The predicted molar refractivity (Wildman–Crippen MR) is 105 cm³/mol. The molecule has 0 radical (unpaired) electrons. The summed E-state index contributed by atoms with van der Waals surface area (Å²) in [4.78, 5) is 8.89. The summed E-state index contributed by atoms with van der Waals surface area (Å²) in [5.41, 5.74) is 2.46. The first kappa shape index (κ1) is 19.4. The summed E-state index contributed by atoms with van der Waals surface area (Å²) in [5.74, 6) is 1.52. The fraction of sp³-hybridized carbons (Fsp3) is 0.545. The number of unbranched alkanes of at least 4 members (excludes halogenated alkanes) is 6. The quantitative estimate of drug-likeness (QED) is 0.430. The summed E-state index contributed by atoms with van der Waals surface area (Å²) in [7, 11) is 0. The van der Waals surface area contributed by atoms with Crippen LogP contribution in [0.3, 0.4) is 0 Å². The van der Waals surface area contributed by atoms with Crippen molar-refractivity contribution in [2.45, 2.75) is 71.6 Å². The molecular weight excluding hydrogens is 308 g/mol. The number of benzene rings is 1. The predicted octanol–water partition coefficient (Wildman–Crippen LogP) is 6.23. The van der Waals surface area contributed by atoms with Crippen LogP contribution in [0, 0.1) is 0 Å². The van der Waals surface area contributed by atoms with Crippen LogP contribution in [0.25, 0.3) is 11.4 Å². The Hall–Kier alpha value is -1.90. The number of ether oxygens (including phenoxy) is 1. The van der Waals surface area contributed by atoms with Crippen LogP contribution in [0.15, 0.2) is 36.7 Å². The van der Waals surface area contributed by atoms with Crippen LogP contribution in [-0.4, -0.2) is 16.6 Å². The molecule has 3 nitrogen and oxygen atoms in total. The Morgan fingerprint density at radius 1 is 0.760 bits per heavy atom. The lowest BCUT2D eigenvalue weighted by atomic mass is 10.0. The lowest BCUT2D eigenvalue weighted by Gasteiger charge is -2.07. The van der Waals surface area contributed by atoms with E-state index in [2.05, 4.69) is 48.1 Å². The van der Waals surface area contributed by atoms with E-state index < -0.39 is 0 Å². The largest absolute Gasteiger partial charge is 0.490 e. The van der Waals surface area contributed by atoms with Gasteiger partial charge in [-0.15, -0.1) is 0 Å². The van der Waals surface area contributed by atoms with Crippen LogP contribution in [0.4, 0.5) is 0 Å². The Morgan fingerprint density at radius 2 is 1.40 bits per heavy atom. The van der Waals surface area contributed by atoms with E-state index in [4.69, 9.17) is 4.74 Å². The van der Waals surface area contributed by atoms with Crippen molar-refractivity contribution in [3.63, 3.8) is 0 Å². The number of hydrogen-bond donors (Lipinski definition) is 0. The minimum Gasteiger partial charge on any atom is -0.490 e. The molecule has 0 saturated heterocycles. The average molecular weight is 341 g/mol. The van der Waals surface area contributed by atoms with Crippen molar-refractivity contribution >= 4 is 0 Å². The van der Waals surface area contributed by atoms with Gasteiger partial charge in [0.15, 0.2) is 11.6 Å². The van der Waals surface area contributed by atoms with Crippen molar-refractivity contribution in [1.82, 2.24) is 9.97 Å². The molecule has 0 aliphatic carbocycles. The third-order valence-electron chi connectivity index (χ3n) is 4.43. The maximum absolute atomic E-state index is 5.70. The third kappa shape index (κ3) is 7.25. The van der Waals surface area contributed by atoms with E-state index in [-0.39, 0.29) is 0 Å². The van der Waals surface area contributed by atoms with E-state index in [9.17, 15) is 0 Å². The van der Waals surface area contributed by atoms with Gasteiger partial charge in [0, 0.05) is 5.56 Å². The summed E-state index contributed by atoms with van der Waals surface area (Å²) in [6, 6.07) is 8.64. The minimum atomic E-state index is 0.745. The maximum Gasteiger partial charge on any atom is 0.159 e. The molecule has 0 amide bonds. The van der Waals surface area contributed by atoms with Gasteiger partial charge in [0.1, 0.15) is 0 Å². The summed E-state index contributed by atoms with van der Waals surface area (Å²) in [5, 5.41) is 0. The second-order valence-electron chi connectivity index (χ2n) is 6.66. The number of rotatable bonds is 12. The molecule has 1 heterocycles. The van der Waals surface area contributed by atoms with E-state index >= 15 is 0 Å². The zero-order valence-electron chi connectivity index (χ0n) is 15.8. The lowest BCUT2D eigenvalue weighted by molar-refractivity contribution is 0.303. The molecule has 0 spiro atoms. The average Bonchev–Trinajstić information content (AvgIpc) is 2.66. The monoisotopic (exact) mass is 340 g/mol. The van der Waals surface area contributed by atoms with Crippen LogP contribution in [0.1, 0.15) is 70.8 Å². The molecule has 0 fully saturated rings. The molecule has 3 heteroatoms. The maximum atomic E-state index is 5.70. The standard InChI is InChI=1S/C22H32N2O/c1-3-5-7-9-11-19-12-14-20(15-13-19)22-23-17-21(18-24-22)25-16-10-8-6-4-2/h12-15,17-18H,3-11,16H2,1-2H3. The van der Waals surface area contributed by atoms with Crippen molar-refractivity contribution < 1.29 is 4.74 Å². The Bertz CT molecular complexity index is 578. The molecule has 0 bridgehead atoms. The van der Waals surface area contributed by atoms with Crippen molar-refractivity contribution in [2.24, 2.45) is 0 Å². The molecule has 25 heavy (non-hydrogen) atoms. The lowest BCUT2D eigenvalue weighted by Crippen LogP contribution is -1.99. The molecule has 136 valence electrons. The molecule has 0 aliphatic heterocycles. The van der Waals surface area contributed by atoms with Crippen molar-refractivity contribution in [3.8, 4) is 17.1 Å². The van der Waals surface area contributed by atoms with Crippen LogP contribution in [0.5, 0.6) is 5.75 Å². The van der Waals surface area contributed by atoms with E-state index in [1.165, 1.54) is 50.5 Å². The zero-order chi connectivity index (χ0) is 17.7. The van der Waals surface area contributed by atoms with Gasteiger partial charge in [0.2, 0.25) is 0 Å². The van der Waals surface area contributed by atoms with Gasteiger partial charge in [0.25, 0.3) is 0 Å². The molecule has 0 unspecified atom stereocenters. The van der Waals surface area contributed by atoms with Crippen molar-refractivity contribution in [3.05, 3.63) is 42.2 Å². The van der Waals surface area contributed by atoms with Crippen LogP contribution < -0.4 is 4.74 Å². The number of aromatic nitrogens is 2. The Kier molecular flexibility index (Phi) is 9.03. The highest BCUT2D eigenvalue weighted by molar-refractivity contribution is 5.55. The van der Waals surface area contributed by atoms with Crippen LogP contribution in [0.2, 0.25) is 0 Å². The summed E-state index contributed by atoms with van der Waals surface area (Å²) in [6.07, 6.45) is 14.8. The first-order valence-electron chi connectivity index (χ1n) is 9.87. The highest BCUT2D eigenvalue weighted by atomic mass is 16.5. The second kappa shape index (κ2) is 11.6. The van der Waals surface area contributed by atoms with E-state index in [1.54, 1.807) is 12.4 Å². The molecule has 2 rings (SSSR count). The van der Waals surface area contributed by atoms with Gasteiger partial charge >= 0.3 is 0 Å². The fourth-order valence-corrected chi connectivity index (χ4v) is 2.84. The molecule has 2 aromatic rings. The fourth-order valence-electron chi connectivity index (χ4n) is 2.84. The molecule has 0 atom stereocenters. The number of aryl methyl sites for hydroxylation is 1. The first-order chi connectivity index (χ1) is 12.3. The zero-order valence-corrected chi connectivity index (χ0v) is 15.8. The summed E-state index contributed by atoms with van der Waals surface area (Å²) < 4.78 is 5.70. The Morgan fingerprint density at radius 3 is 2.04 bits per heavy atom. The number of nitrogens with zero attached hydrogens (tertiary/aromatic N) is 2. The molecule has 1 aromatic carbocycles. The first-order valence-corrected chi connectivity index (χ1v) is 9.87. The third-order valence-corrected chi connectivity index (χ3v) is 4.43. The summed E-state index contributed by atoms with van der Waals surface area (Å²) >= 11 is 0. The van der Waals surface area contributed by atoms with Gasteiger partial charge in [-0.3, -0.25) is 0 Å². The molecule has 0 aliphatic rings. The van der Waals surface area contributed by atoms with Crippen LogP contribution >= 0.6 is 0 Å². The molecular formula is C22H32N2O. The van der Waals surface area contributed by atoms with Gasteiger partial charge in [-0.25, -0.2) is 9.97 Å². The highest BCUT2D eigenvalue weighted by Crippen LogP contribution is 2.18. The van der Waals surface area contributed by atoms with Gasteiger partial charge in [0.05, 0.1) is 19.0 Å². The number of hydrogen-bond acceptors (Lipinski definition) is 3. The second-order valence-corrected chi connectivity index (χ2v) is 6.66. The van der Waals surface area contributed by atoms with Gasteiger partial charge in [-0.1, -0.05) is 76.6 Å². The normalized spacial score (nSPS) is 10.8. The topological polar surface area (TPSA) is 35.0 Å². The van der Waals surface area contributed by atoms with Gasteiger partial charge < -0.3 is 4.74 Å². The molecule has 1 aromatic heterocycles. The highest BCUT2D eigenvalue weighted by Gasteiger charge is 2.03. The Labute approximate surface area is 152 Å². The SMILES string of the molecule is CCCCCCOc1cnc(-c2ccc(CCCCCC)cc2)nc1.